The summed E-state index contributed by atoms with van der Waals surface area (Å²) in [4.78, 5) is 36.6. The number of hydrogen-bond donors (Lipinski definition) is 0. The second kappa shape index (κ2) is 6.56. The maximum Gasteiger partial charge on any atom is 0.315 e. The second-order valence-corrected chi connectivity index (χ2v) is 5.40. The smallest absolute Gasteiger partial charge is 0.315 e. The van der Waals surface area contributed by atoms with Crippen LogP contribution < -0.4 is 4.90 Å². The number of ether oxygens (including phenoxy) is 1. The van der Waals surface area contributed by atoms with E-state index in [1.807, 2.05) is 6.07 Å². The van der Waals surface area contributed by atoms with E-state index in [9.17, 15) is 14.4 Å². The number of thioether (sulfide) groups is 1. The Bertz CT molecular complexity index is 517. The van der Waals surface area contributed by atoms with Crippen molar-refractivity contribution in [3.8, 4) is 0 Å². The molecule has 106 valence electrons. The summed E-state index contributed by atoms with van der Waals surface area (Å²) in [5.74, 6) is -0.783. The average Bonchev–Trinajstić information content (AvgIpc) is 2.72. The van der Waals surface area contributed by atoms with Gasteiger partial charge in [0.2, 0.25) is 11.8 Å². The number of imide groups is 1. The molecule has 0 aromatic heterocycles. The lowest BCUT2D eigenvalue weighted by molar-refractivity contribution is -0.139. The van der Waals surface area contributed by atoms with E-state index >= 15 is 0 Å². The third-order valence-corrected chi connectivity index (χ3v) is 4.00. The van der Waals surface area contributed by atoms with E-state index in [1.165, 1.54) is 4.90 Å². The van der Waals surface area contributed by atoms with Crippen molar-refractivity contribution in [1.82, 2.24) is 0 Å². The van der Waals surface area contributed by atoms with Crippen LogP contribution >= 0.6 is 11.8 Å². The summed E-state index contributed by atoms with van der Waals surface area (Å²) in [6, 6.07) is 8.80. The zero-order chi connectivity index (χ0) is 14.5. The van der Waals surface area contributed by atoms with E-state index in [0.29, 0.717) is 12.3 Å². The molecule has 0 saturated carbocycles. The maximum absolute atomic E-state index is 12.2. The molecule has 1 atom stereocenters. The first kappa shape index (κ1) is 14.6. The van der Waals surface area contributed by atoms with E-state index in [2.05, 4.69) is 0 Å². The van der Waals surface area contributed by atoms with E-state index in [4.69, 9.17) is 4.74 Å². The quantitative estimate of drug-likeness (QED) is 0.609. The Labute approximate surface area is 121 Å². The fourth-order valence-corrected chi connectivity index (χ4v) is 2.88. The number of amides is 2. The van der Waals surface area contributed by atoms with Gasteiger partial charge in [0, 0.05) is 6.42 Å². The number of hydrogen-bond acceptors (Lipinski definition) is 5. The van der Waals surface area contributed by atoms with Gasteiger partial charge in [0.05, 0.1) is 23.3 Å². The molecule has 0 bridgehead atoms. The molecule has 0 unspecified atom stereocenters. The largest absolute Gasteiger partial charge is 0.465 e. The van der Waals surface area contributed by atoms with Crippen LogP contribution in [0.15, 0.2) is 30.3 Å². The Morgan fingerprint density at radius 1 is 1.35 bits per heavy atom. The van der Waals surface area contributed by atoms with E-state index in [-0.39, 0.29) is 30.0 Å². The van der Waals surface area contributed by atoms with Gasteiger partial charge in [-0.1, -0.05) is 18.2 Å². The normalized spacial score (nSPS) is 18.4. The molecule has 20 heavy (non-hydrogen) atoms. The van der Waals surface area contributed by atoms with Crippen LogP contribution in [0.5, 0.6) is 0 Å². The summed E-state index contributed by atoms with van der Waals surface area (Å²) in [7, 11) is 0. The predicted octanol–water partition coefficient (Wildman–Crippen LogP) is 1.61. The highest BCUT2D eigenvalue weighted by atomic mass is 32.2. The molecule has 1 aromatic rings. The van der Waals surface area contributed by atoms with Crippen molar-refractivity contribution >= 4 is 35.2 Å². The van der Waals surface area contributed by atoms with Crippen LogP contribution in [0, 0.1) is 0 Å². The summed E-state index contributed by atoms with van der Waals surface area (Å²) >= 11 is 1.16. The van der Waals surface area contributed by atoms with Gasteiger partial charge in [0.15, 0.2) is 0 Å². The third kappa shape index (κ3) is 3.19. The Kier molecular flexibility index (Phi) is 4.79. The molecular formula is C14H15NO4S. The van der Waals surface area contributed by atoms with Crippen molar-refractivity contribution in [2.45, 2.75) is 18.6 Å². The number of nitrogens with zero attached hydrogens (tertiary/aromatic N) is 1. The molecule has 2 amide bonds. The van der Waals surface area contributed by atoms with Crippen LogP contribution in [-0.4, -0.2) is 35.4 Å². The van der Waals surface area contributed by atoms with Crippen molar-refractivity contribution in [2.75, 3.05) is 17.3 Å². The molecule has 0 radical (unpaired) electrons. The zero-order valence-corrected chi connectivity index (χ0v) is 11.9. The molecule has 2 rings (SSSR count). The first-order valence-corrected chi connectivity index (χ1v) is 7.37. The molecule has 0 spiro atoms. The van der Waals surface area contributed by atoms with Crippen LogP contribution in [0.1, 0.15) is 13.3 Å². The van der Waals surface area contributed by atoms with Crippen molar-refractivity contribution in [3.05, 3.63) is 30.3 Å². The van der Waals surface area contributed by atoms with Crippen LogP contribution in [0.25, 0.3) is 0 Å². The maximum atomic E-state index is 12.2. The summed E-state index contributed by atoms with van der Waals surface area (Å²) in [5.41, 5.74) is 0.571. The number of rotatable bonds is 5. The minimum atomic E-state index is -0.507. The lowest BCUT2D eigenvalue weighted by Gasteiger charge is -2.14. The van der Waals surface area contributed by atoms with Gasteiger partial charge < -0.3 is 4.74 Å². The van der Waals surface area contributed by atoms with Gasteiger partial charge in [0.1, 0.15) is 0 Å². The Balaban J connectivity index is 2.00. The standard InChI is InChI=1S/C14H15NO4S/c1-2-19-13(17)9-20-11-8-12(16)15(14(11)18)10-6-4-3-5-7-10/h3-7,11H,2,8-9H2,1H3/t11-/m0/s1. The number of carbonyl (C=O) groups excluding carboxylic acids is 3. The summed E-state index contributed by atoms with van der Waals surface area (Å²) in [6.45, 7) is 2.04. The van der Waals surface area contributed by atoms with Crippen molar-refractivity contribution in [2.24, 2.45) is 0 Å². The summed E-state index contributed by atoms with van der Waals surface area (Å²) in [5, 5.41) is -0.507. The third-order valence-electron chi connectivity index (χ3n) is 2.83. The second-order valence-electron chi connectivity index (χ2n) is 4.21. The topological polar surface area (TPSA) is 63.7 Å². The van der Waals surface area contributed by atoms with Crippen LogP contribution in [0.4, 0.5) is 5.69 Å². The van der Waals surface area contributed by atoms with Gasteiger partial charge in [-0.3, -0.25) is 14.4 Å². The van der Waals surface area contributed by atoms with Gasteiger partial charge in [-0.15, -0.1) is 11.8 Å². The SMILES string of the molecule is CCOC(=O)CS[C@H]1CC(=O)N(c2ccccc2)C1=O. The lowest BCUT2D eigenvalue weighted by atomic mass is 10.3. The first-order chi connectivity index (χ1) is 9.63. The Hall–Kier alpha value is -1.82. The monoisotopic (exact) mass is 293 g/mol. The van der Waals surface area contributed by atoms with E-state index < -0.39 is 5.25 Å². The van der Waals surface area contributed by atoms with Crippen molar-refractivity contribution < 1.29 is 19.1 Å². The minimum Gasteiger partial charge on any atom is -0.465 e. The molecule has 5 nitrogen and oxygen atoms in total. The fourth-order valence-electron chi connectivity index (χ4n) is 1.95. The fraction of sp³-hybridized carbons (Fsp3) is 0.357. The van der Waals surface area contributed by atoms with Crippen LogP contribution in [0.3, 0.4) is 0 Å². The van der Waals surface area contributed by atoms with Crippen molar-refractivity contribution in [1.29, 1.82) is 0 Å². The highest BCUT2D eigenvalue weighted by molar-refractivity contribution is 8.01. The number of para-hydroxylation sites is 1. The predicted molar refractivity (Wildman–Crippen MR) is 76.4 cm³/mol. The van der Waals surface area contributed by atoms with Crippen molar-refractivity contribution in [3.63, 3.8) is 0 Å². The molecular weight excluding hydrogens is 278 g/mol. The van der Waals surface area contributed by atoms with E-state index in [1.54, 1.807) is 31.2 Å². The van der Waals surface area contributed by atoms with E-state index in [0.717, 1.165) is 11.8 Å². The van der Waals surface area contributed by atoms with Gasteiger partial charge in [-0.2, -0.15) is 0 Å². The van der Waals surface area contributed by atoms with Gasteiger partial charge in [0.25, 0.3) is 0 Å². The number of esters is 1. The number of benzene rings is 1. The van der Waals surface area contributed by atoms with Gasteiger partial charge in [-0.05, 0) is 19.1 Å². The Morgan fingerprint density at radius 2 is 2.05 bits per heavy atom. The lowest BCUT2D eigenvalue weighted by Crippen LogP contribution is -2.31. The highest BCUT2D eigenvalue weighted by Crippen LogP contribution is 2.29. The molecule has 1 saturated heterocycles. The molecule has 0 aliphatic carbocycles. The summed E-state index contributed by atoms with van der Waals surface area (Å²) < 4.78 is 4.81. The summed E-state index contributed by atoms with van der Waals surface area (Å²) in [6.07, 6.45) is 0.123. The molecule has 1 aliphatic rings. The molecule has 1 heterocycles. The number of anilines is 1. The molecule has 1 aromatic carbocycles. The molecule has 6 heteroatoms. The van der Waals surface area contributed by atoms with Gasteiger partial charge >= 0.3 is 5.97 Å². The molecule has 1 fully saturated rings. The first-order valence-electron chi connectivity index (χ1n) is 6.32. The zero-order valence-electron chi connectivity index (χ0n) is 11.1. The Morgan fingerprint density at radius 3 is 2.70 bits per heavy atom. The number of carbonyl (C=O) groups is 3. The molecule has 0 N–H and O–H groups in total. The molecule has 1 aliphatic heterocycles. The van der Waals surface area contributed by atoms with Crippen LogP contribution in [-0.2, 0) is 19.1 Å². The van der Waals surface area contributed by atoms with Crippen LogP contribution in [0.2, 0.25) is 0 Å². The average molecular weight is 293 g/mol. The van der Waals surface area contributed by atoms with Gasteiger partial charge in [-0.25, -0.2) is 4.90 Å². The minimum absolute atomic E-state index is 0.0835. The highest BCUT2D eigenvalue weighted by Gasteiger charge is 2.39.